The summed E-state index contributed by atoms with van der Waals surface area (Å²) < 4.78 is 40.2. The van der Waals surface area contributed by atoms with E-state index in [2.05, 4.69) is 12.2 Å². The first-order chi connectivity index (χ1) is 16.7. The lowest BCUT2D eigenvalue weighted by Crippen LogP contribution is -2.38. The van der Waals surface area contributed by atoms with E-state index in [0.717, 1.165) is 18.4 Å². The number of aryl methyl sites for hydroxylation is 1. The number of carbonyl (C=O) groups is 1. The van der Waals surface area contributed by atoms with E-state index in [1.807, 2.05) is 6.07 Å². The van der Waals surface area contributed by atoms with Gasteiger partial charge in [0.2, 0.25) is 22.2 Å². The number of sulfonamides is 1. The quantitative estimate of drug-likeness (QED) is 0.581. The fourth-order valence-electron chi connectivity index (χ4n) is 4.50. The molecule has 2 aliphatic rings. The van der Waals surface area contributed by atoms with Crippen LogP contribution >= 0.6 is 0 Å². The number of benzene rings is 2. The van der Waals surface area contributed by atoms with Crippen molar-refractivity contribution in [1.29, 1.82) is 0 Å². The van der Waals surface area contributed by atoms with Gasteiger partial charge in [0.1, 0.15) is 5.56 Å². The van der Waals surface area contributed by atoms with E-state index < -0.39 is 21.4 Å². The summed E-state index contributed by atoms with van der Waals surface area (Å²) in [5.41, 5.74) is 0.783. The number of ether oxygens (including phenoxy) is 2. The summed E-state index contributed by atoms with van der Waals surface area (Å²) in [4.78, 5) is 26.3. The maximum atomic E-state index is 13.3. The van der Waals surface area contributed by atoms with Gasteiger partial charge >= 0.3 is 0 Å². The van der Waals surface area contributed by atoms with Crippen molar-refractivity contribution in [1.82, 2.24) is 14.2 Å². The van der Waals surface area contributed by atoms with Gasteiger partial charge in [-0.25, -0.2) is 8.42 Å². The van der Waals surface area contributed by atoms with Crippen molar-refractivity contribution in [3.8, 4) is 11.5 Å². The van der Waals surface area contributed by atoms with Gasteiger partial charge in [-0.05, 0) is 54.7 Å². The standard InChI is InChI=1S/C25H27N3O6S/c1-16-7-9-28(10-8-16)35(31,32)18-4-5-21-19(12-18)24(29)20(14-27(21)2)25(30)26-13-17-3-6-22-23(11-17)34-15-33-22/h3-6,11-12,14,16H,7-10,13,15H2,1-2H3,(H,26,30). The second-order valence-corrected chi connectivity index (χ2v) is 11.1. The predicted octanol–water partition coefficient (Wildman–Crippen LogP) is 2.62. The minimum atomic E-state index is -3.73. The fourth-order valence-corrected chi connectivity index (χ4v) is 5.99. The first-order valence-electron chi connectivity index (χ1n) is 11.5. The van der Waals surface area contributed by atoms with Crippen molar-refractivity contribution in [2.24, 2.45) is 13.0 Å². The number of hydrogen-bond donors (Lipinski definition) is 1. The summed E-state index contributed by atoms with van der Waals surface area (Å²) in [6.07, 6.45) is 3.09. The summed E-state index contributed by atoms with van der Waals surface area (Å²) in [6, 6.07) is 9.88. The zero-order valence-corrected chi connectivity index (χ0v) is 20.4. The molecule has 1 saturated heterocycles. The minimum Gasteiger partial charge on any atom is -0.454 e. The lowest BCUT2D eigenvalue weighted by molar-refractivity contribution is 0.0949. The van der Waals surface area contributed by atoms with Gasteiger partial charge in [-0.1, -0.05) is 13.0 Å². The molecule has 1 amide bonds. The molecule has 1 N–H and O–H groups in total. The third kappa shape index (κ3) is 4.39. The molecule has 0 aliphatic carbocycles. The molecule has 35 heavy (non-hydrogen) atoms. The van der Waals surface area contributed by atoms with Gasteiger partial charge in [0, 0.05) is 38.3 Å². The Kier molecular flexibility index (Phi) is 6.02. The zero-order chi connectivity index (χ0) is 24.7. The van der Waals surface area contributed by atoms with Crippen molar-refractivity contribution in [2.45, 2.75) is 31.2 Å². The van der Waals surface area contributed by atoms with Gasteiger partial charge in [0.15, 0.2) is 11.5 Å². The Morgan fingerprint density at radius 1 is 1.09 bits per heavy atom. The van der Waals surface area contributed by atoms with E-state index in [1.165, 1.54) is 22.6 Å². The number of amides is 1. The van der Waals surface area contributed by atoms with E-state index in [-0.39, 0.29) is 29.2 Å². The van der Waals surface area contributed by atoms with Gasteiger partial charge < -0.3 is 19.4 Å². The zero-order valence-electron chi connectivity index (χ0n) is 19.6. The average molecular weight is 498 g/mol. The Hall–Kier alpha value is -3.37. The number of carbonyl (C=O) groups excluding carboxylic acids is 1. The largest absolute Gasteiger partial charge is 0.454 e. The first kappa shape index (κ1) is 23.4. The molecule has 2 aliphatic heterocycles. The summed E-state index contributed by atoms with van der Waals surface area (Å²) in [5.74, 6) is 1.20. The second-order valence-electron chi connectivity index (χ2n) is 9.12. The van der Waals surface area contributed by atoms with Gasteiger partial charge in [-0.15, -0.1) is 0 Å². The van der Waals surface area contributed by atoms with Crippen LogP contribution in [0.3, 0.4) is 0 Å². The van der Waals surface area contributed by atoms with E-state index in [4.69, 9.17) is 9.47 Å². The highest BCUT2D eigenvalue weighted by molar-refractivity contribution is 7.89. The molecule has 1 fully saturated rings. The van der Waals surface area contributed by atoms with Crippen LogP contribution in [0.1, 0.15) is 35.7 Å². The van der Waals surface area contributed by atoms with Gasteiger partial charge in [-0.3, -0.25) is 9.59 Å². The number of aromatic nitrogens is 1. The fraction of sp³-hybridized carbons (Fsp3) is 0.360. The lowest BCUT2D eigenvalue weighted by atomic mass is 10.0. The van der Waals surface area contributed by atoms with Crippen LogP contribution in [0, 0.1) is 5.92 Å². The molecule has 0 atom stereocenters. The Morgan fingerprint density at radius 3 is 2.60 bits per heavy atom. The normalized spacial score (nSPS) is 16.5. The molecule has 10 heteroatoms. The maximum Gasteiger partial charge on any atom is 0.257 e. The third-order valence-electron chi connectivity index (χ3n) is 6.68. The first-order valence-corrected chi connectivity index (χ1v) is 13.0. The Morgan fingerprint density at radius 2 is 1.83 bits per heavy atom. The van der Waals surface area contributed by atoms with Crippen LogP contribution in [0.4, 0.5) is 0 Å². The third-order valence-corrected chi connectivity index (χ3v) is 8.57. The van der Waals surface area contributed by atoms with Crippen LogP contribution in [0.2, 0.25) is 0 Å². The number of rotatable bonds is 5. The molecule has 0 spiro atoms. The number of nitrogens with zero attached hydrogens (tertiary/aromatic N) is 2. The Balaban J connectivity index is 1.42. The molecule has 0 bridgehead atoms. The molecule has 0 saturated carbocycles. The molecule has 2 aromatic carbocycles. The second kappa shape index (κ2) is 9.01. The molecule has 0 radical (unpaired) electrons. The van der Waals surface area contributed by atoms with Crippen LogP contribution in [0.5, 0.6) is 11.5 Å². The van der Waals surface area contributed by atoms with Crippen molar-refractivity contribution >= 4 is 26.8 Å². The number of pyridine rings is 1. The highest BCUT2D eigenvalue weighted by atomic mass is 32.2. The predicted molar refractivity (Wildman–Crippen MR) is 130 cm³/mol. The summed E-state index contributed by atoms with van der Waals surface area (Å²) in [6.45, 7) is 3.39. The van der Waals surface area contributed by atoms with Crippen LogP contribution in [0.25, 0.3) is 10.9 Å². The monoisotopic (exact) mass is 497 g/mol. The van der Waals surface area contributed by atoms with Crippen LogP contribution < -0.4 is 20.2 Å². The Bertz CT molecular complexity index is 1470. The van der Waals surface area contributed by atoms with Crippen LogP contribution in [-0.4, -0.2) is 43.1 Å². The van der Waals surface area contributed by atoms with Gasteiger partial charge in [-0.2, -0.15) is 4.31 Å². The molecule has 3 aromatic rings. The SMILES string of the molecule is CC1CCN(S(=O)(=O)c2ccc3c(c2)c(=O)c(C(=O)NCc2ccc4c(c2)OCO4)cn3C)CC1. The molecule has 3 heterocycles. The van der Waals surface area contributed by atoms with Crippen LogP contribution in [0.15, 0.2) is 52.3 Å². The molecule has 9 nitrogen and oxygen atoms in total. The molecular weight excluding hydrogens is 470 g/mol. The number of hydrogen-bond acceptors (Lipinski definition) is 6. The smallest absolute Gasteiger partial charge is 0.257 e. The summed E-state index contributed by atoms with van der Waals surface area (Å²) in [7, 11) is -2.01. The van der Waals surface area contributed by atoms with Gasteiger partial charge in [0.25, 0.3) is 5.91 Å². The van der Waals surface area contributed by atoms with E-state index in [0.29, 0.717) is 36.0 Å². The molecule has 0 unspecified atom stereocenters. The minimum absolute atomic E-state index is 0.0536. The van der Waals surface area contributed by atoms with Crippen molar-refractivity contribution in [2.75, 3.05) is 19.9 Å². The summed E-state index contributed by atoms with van der Waals surface area (Å²) in [5, 5.41) is 2.95. The molecule has 5 rings (SSSR count). The van der Waals surface area contributed by atoms with Gasteiger partial charge in [0.05, 0.1) is 10.4 Å². The van der Waals surface area contributed by atoms with E-state index >= 15 is 0 Å². The topological polar surface area (TPSA) is 107 Å². The molecular formula is C25H27N3O6S. The van der Waals surface area contributed by atoms with E-state index in [9.17, 15) is 18.0 Å². The number of fused-ring (bicyclic) bond motifs is 2. The summed E-state index contributed by atoms with van der Waals surface area (Å²) >= 11 is 0. The van der Waals surface area contributed by atoms with Crippen molar-refractivity contribution < 1.29 is 22.7 Å². The highest BCUT2D eigenvalue weighted by Crippen LogP contribution is 2.32. The average Bonchev–Trinajstić information content (AvgIpc) is 3.32. The van der Waals surface area contributed by atoms with E-state index in [1.54, 1.807) is 29.8 Å². The number of piperidine rings is 1. The Labute approximate surface area is 203 Å². The van der Waals surface area contributed by atoms with Crippen molar-refractivity contribution in [3.05, 3.63) is 63.9 Å². The number of nitrogens with one attached hydrogen (secondary N) is 1. The molecule has 184 valence electrons. The molecule has 1 aromatic heterocycles. The maximum absolute atomic E-state index is 13.3. The lowest BCUT2D eigenvalue weighted by Gasteiger charge is -2.29. The van der Waals surface area contributed by atoms with Crippen molar-refractivity contribution in [3.63, 3.8) is 0 Å². The highest BCUT2D eigenvalue weighted by Gasteiger charge is 2.29. The van der Waals surface area contributed by atoms with Crippen LogP contribution in [-0.2, 0) is 23.6 Å².